The first-order valence-electron chi connectivity index (χ1n) is 6.38. The lowest BCUT2D eigenvalue weighted by Crippen LogP contribution is -2.26. The van der Waals surface area contributed by atoms with Gasteiger partial charge >= 0.3 is 0 Å². The van der Waals surface area contributed by atoms with Gasteiger partial charge in [0.1, 0.15) is 5.82 Å². The fourth-order valence-electron chi connectivity index (χ4n) is 1.78. The molecule has 0 fully saturated rings. The number of nitrogens with two attached hydrogens (primary N) is 1. The van der Waals surface area contributed by atoms with Crippen molar-refractivity contribution in [2.45, 2.75) is 38.6 Å². The minimum absolute atomic E-state index is 0.00350. The van der Waals surface area contributed by atoms with E-state index in [0.717, 1.165) is 24.8 Å². The van der Waals surface area contributed by atoms with E-state index in [2.05, 4.69) is 5.32 Å². The molecule has 3 nitrogen and oxygen atoms in total. The standard InChI is InChI=1S/C14H21FN2O/c1-11(12-6-5-7-13(15)10-12)17-14(18)8-3-2-4-9-16/h5-7,10-11H,2-4,8-9,16H2,1H3,(H,17,18)/t11-/m1/s1. The number of carbonyl (C=O) groups is 1. The molecular weight excluding hydrogens is 231 g/mol. The molecule has 0 aliphatic rings. The smallest absolute Gasteiger partial charge is 0.220 e. The summed E-state index contributed by atoms with van der Waals surface area (Å²) in [5.41, 5.74) is 6.16. The Morgan fingerprint density at radius 3 is 2.83 bits per heavy atom. The highest BCUT2D eigenvalue weighted by Gasteiger charge is 2.09. The Morgan fingerprint density at radius 1 is 1.39 bits per heavy atom. The van der Waals surface area contributed by atoms with E-state index in [-0.39, 0.29) is 17.8 Å². The lowest BCUT2D eigenvalue weighted by molar-refractivity contribution is -0.121. The summed E-state index contributed by atoms with van der Waals surface area (Å²) in [6.07, 6.45) is 3.27. The molecule has 18 heavy (non-hydrogen) atoms. The van der Waals surface area contributed by atoms with Gasteiger partial charge < -0.3 is 11.1 Å². The van der Waals surface area contributed by atoms with E-state index in [1.807, 2.05) is 13.0 Å². The second-order valence-electron chi connectivity index (χ2n) is 4.44. The van der Waals surface area contributed by atoms with Gasteiger partial charge in [-0.2, -0.15) is 0 Å². The molecule has 0 saturated heterocycles. The summed E-state index contributed by atoms with van der Waals surface area (Å²) >= 11 is 0. The second-order valence-corrected chi connectivity index (χ2v) is 4.44. The van der Waals surface area contributed by atoms with Gasteiger partial charge in [0.25, 0.3) is 0 Å². The molecule has 3 N–H and O–H groups in total. The van der Waals surface area contributed by atoms with Crippen LogP contribution in [0.15, 0.2) is 24.3 Å². The normalized spacial score (nSPS) is 12.2. The maximum absolute atomic E-state index is 13.0. The average Bonchev–Trinajstić information content (AvgIpc) is 2.34. The molecule has 0 aromatic heterocycles. The largest absolute Gasteiger partial charge is 0.350 e. The molecule has 4 heteroatoms. The van der Waals surface area contributed by atoms with Crippen LogP contribution in [0, 0.1) is 5.82 Å². The monoisotopic (exact) mass is 252 g/mol. The molecule has 0 saturated carbocycles. The molecule has 0 aliphatic heterocycles. The molecule has 1 aromatic carbocycles. The van der Waals surface area contributed by atoms with E-state index in [9.17, 15) is 9.18 Å². The van der Waals surface area contributed by atoms with Crippen LogP contribution in [-0.4, -0.2) is 12.5 Å². The maximum Gasteiger partial charge on any atom is 0.220 e. The van der Waals surface area contributed by atoms with Crippen molar-refractivity contribution in [1.82, 2.24) is 5.32 Å². The van der Waals surface area contributed by atoms with Crippen molar-refractivity contribution in [3.63, 3.8) is 0 Å². The van der Waals surface area contributed by atoms with E-state index in [1.165, 1.54) is 12.1 Å². The maximum atomic E-state index is 13.0. The third kappa shape index (κ3) is 5.27. The second kappa shape index (κ2) is 7.82. The first kappa shape index (κ1) is 14.6. The van der Waals surface area contributed by atoms with E-state index in [4.69, 9.17) is 5.73 Å². The summed E-state index contributed by atoms with van der Waals surface area (Å²) in [5, 5.41) is 2.86. The lowest BCUT2D eigenvalue weighted by atomic mass is 10.1. The van der Waals surface area contributed by atoms with Crippen LogP contribution in [0.1, 0.15) is 44.2 Å². The summed E-state index contributed by atoms with van der Waals surface area (Å²) in [6, 6.07) is 6.13. The van der Waals surface area contributed by atoms with E-state index >= 15 is 0 Å². The van der Waals surface area contributed by atoms with Crippen LogP contribution in [-0.2, 0) is 4.79 Å². The molecule has 0 aliphatic carbocycles. The van der Waals surface area contributed by atoms with Crippen molar-refractivity contribution in [3.05, 3.63) is 35.6 Å². The first-order valence-corrected chi connectivity index (χ1v) is 6.38. The summed E-state index contributed by atoms with van der Waals surface area (Å²) in [7, 11) is 0. The third-order valence-corrected chi connectivity index (χ3v) is 2.83. The molecule has 100 valence electrons. The Morgan fingerprint density at radius 2 is 2.17 bits per heavy atom. The van der Waals surface area contributed by atoms with Crippen LogP contribution in [0.25, 0.3) is 0 Å². The number of amides is 1. The van der Waals surface area contributed by atoms with Gasteiger partial charge in [-0.05, 0) is 44.0 Å². The lowest BCUT2D eigenvalue weighted by Gasteiger charge is -2.14. The highest BCUT2D eigenvalue weighted by molar-refractivity contribution is 5.76. The molecule has 1 rings (SSSR count). The summed E-state index contributed by atoms with van der Waals surface area (Å²) in [4.78, 5) is 11.6. The van der Waals surface area contributed by atoms with Crippen molar-refractivity contribution in [1.29, 1.82) is 0 Å². The number of benzene rings is 1. The molecule has 0 spiro atoms. The number of hydrogen-bond donors (Lipinski definition) is 2. The van der Waals surface area contributed by atoms with E-state index in [1.54, 1.807) is 6.07 Å². The van der Waals surface area contributed by atoms with Crippen LogP contribution in [0.4, 0.5) is 4.39 Å². The highest BCUT2D eigenvalue weighted by Crippen LogP contribution is 2.13. The molecule has 1 atom stereocenters. The zero-order chi connectivity index (χ0) is 13.4. The molecule has 1 aromatic rings. The molecule has 1 amide bonds. The number of nitrogens with one attached hydrogen (secondary N) is 1. The summed E-state index contributed by atoms with van der Waals surface area (Å²) in [5.74, 6) is -0.277. The Bertz CT molecular complexity index is 382. The van der Waals surface area contributed by atoms with Crippen LogP contribution in [0.5, 0.6) is 0 Å². The Kier molecular flexibility index (Phi) is 6.36. The third-order valence-electron chi connectivity index (χ3n) is 2.83. The minimum Gasteiger partial charge on any atom is -0.350 e. The number of hydrogen-bond acceptors (Lipinski definition) is 2. The van der Waals surface area contributed by atoms with Gasteiger partial charge in [-0.3, -0.25) is 4.79 Å². The average molecular weight is 252 g/mol. The topological polar surface area (TPSA) is 55.1 Å². The first-order chi connectivity index (χ1) is 8.63. The molecule has 0 unspecified atom stereocenters. The molecular formula is C14H21FN2O. The Balaban J connectivity index is 2.35. The molecule has 0 heterocycles. The van der Waals surface area contributed by atoms with Crippen LogP contribution in [0.3, 0.4) is 0 Å². The van der Waals surface area contributed by atoms with Gasteiger partial charge in [-0.15, -0.1) is 0 Å². The van der Waals surface area contributed by atoms with Gasteiger partial charge in [-0.25, -0.2) is 4.39 Å². The molecule has 0 radical (unpaired) electrons. The van der Waals surface area contributed by atoms with E-state index in [0.29, 0.717) is 13.0 Å². The van der Waals surface area contributed by atoms with Gasteiger partial charge in [0.05, 0.1) is 6.04 Å². The van der Waals surface area contributed by atoms with Crippen molar-refractivity contribution in [2.75, 3.05) is 6.54 Å². The number of halogens is 1. The van der Waals surface area contributed by atoms with Crippen molar-refractivity contribution in [3.8, 4) is 0 Å². The zero-order valence-electron chi connectivity index (χ0n) is 10.8. The number of unbranched alkanes of at least 4 members (excludes halogenated alkanes) is 2. The van der Waals surface area contributed by atoms with Gasteiger partial charge in [0.2, 0.25) is 5.91 Å². The summed E-state index contributed by atoms with van der Waals surface area (Å²) in [6.45, 7) is 2.52. The summed E-state index contributed by atoms with van der Waals surface area (Å²) < 4.78 is 13.0. The fraction of sp³-hybridized carbons (Fsp3) is 0.500. The quantitative estimate of drug-likeness (QED) is 0.733. The van der Waals surface area contributed by atoms with Crippen molar-refractivity contribution >= 4 is 5.91 Å². The predicted octanol–water partition coefficient (Wildman–Crippen LogP) is 2.52. The fourth-order valence-corrected chi connectivity index (χ4v) is 1.78. The number of carbonyl (C=O) groups excluding carboxylic acids is 1. The number of rotatable bonds is 7. The molecule has 0 bridgehead atoms. The predicted molar refractivity (Wildman–Crippen MR) is 70.5 cm³/mol. The van der Waals surface area contributed by atoms with Crippen LogP contribution < -0.4 is 11.1 Å². The van der Waals surface area contributed by atoms with E-state index < -0.39 is 0 Å². The Hall–Kier alpha value is -1.42. The SMILES string of the molecule is C[C@@H](NC(=O)CCCCCN)c1cccc(F)c1. The highest BCUT2D eigenvalue weighted by atomic mass is 19.1. The van der Waals surface area contributed by atoms with Gasteiger partial charge in [0.15, 0.2) is 0 Å². The van der Waals surface area contributed by atoms with Gasteiger partial charge in [0, 0.05) is 6.42 Å². The van der Waals surface area contributed by atoms with Crippen molar-refractivity contribution in [2.24, 2.45) is 5.73 Å². The van der Waals surface area contributed by atoms with Gasteiger partial charge in [-0.1, -0.05) is 18.6 Å². The van der Waals surface area contributed by atoms with Crippen molar-refractivity contribution < 1.29 is 9.18 Å². The van der Waals surface area contributed by atoms with Crippen LogP contribution >= 0.6 is 0 Å². The minimum atomic E-state index is -0.281. The zero-order valence-corrected chi connectivity index (χ0v) is 10.8. The van der Waals surface area contributed by atoms with Crippen LogP contribution in [0.2, 0.25) is 0 Å². The Labute approximate surface area is 108 Å².